The summed E-state index contributed by atoms with van der Waals surface area (Å²) < 4.78 is 72.3. The second kappa shape index (κ2) is 9.32. The lowest BCUT2D eigenvalue weighted by Gasteiger charge is -2.34. The van der Waals surface area contributed by atoms with Crippen molar-refractivity contribution in [1.82, 2.24) is 5.32 Å². The summed E-state index contributed by atoms with van der Waals surface area (Å²) in [6.45, 7) is -3.07. The van der Waals surface area contributed by atoms with Crippen LogP contribution in [0.5, 0.6) is 23.0 Å². The molecule has 1 aliphatic carbocycles. The van der Waals surface area contributed by atoms with Crippen LogP contribution in [0.2, 0.25) is 0 Å². The van der Waals surface area contributed by atoms with Gasteiger partial charge in [0.25, 0.3) is 0 Å². The fraction of sp³-hybridized carbons (Fsp3) is 0.286. The van der Waals surface area contributed by atoms with E-state index in [1.807, 2.05) is 0 Å². The Labute approximate surface area is 224 Å². The highest BCUT2D eigenvalue weighted by atomic mass is 19.3. The average Bonchev–Trinajstić information content (AvgIpc) is 3.65. The molecule has 12 heteroatoms. The number of carboxylic acids is 1. The molecule has 2 atom stereocenters. The van der Waals surface area contributed by atoms with E-state index in [0.29, 0.717) is 29.5 Å². The molecule has 1 fully saturated rings. The average molecular weight is 559 g/mol. The van der Waals surface area contributed by atoms with Crippen molar-refractivity contribution in [2.45, 2.75) is 49.7 Å². The number of halogens is 4. The van der Waals surface area contributed by atoms with E-state index in [4.69, 9.17) is 4.74 Å². The second-order valence-corrected chi connectivity index (χ2v) is 9.75. The van der Waals surface area contributed by atoms with E-state index in [-0.39, 0.29) is 40.9 Å². The molecule has 0 bridgehead atoms. The summed E-state index contributed by atoms with van der Waals surface area (Å²) in [5.74, 6) is -1.88. The van der Waals surface area contributed by atoms with Crippen LogP contribution in [0, 0.1) is 0 Å². The van der Waals surface area contributed by atoms with E-state index < -0.39 is 36.4 Å². The summed E-state index contributed by atoms with van der Waals surface area (Å²) in [6, 6.07) is 13.8. The fourth-order valence-electron chi connectivity index (χ4n) is 5.24. The molecule has 2 N–H and O–H groups in total. The number of amides is 1. The minimum absolute atomic E-state index is 0.00293. The van der Waals surface area contributed by atoms with Crippen LogP contribution < -0.4 is 24.3 Å². The van der Waals surface area contributed by atoms with Crippen LogP contribution in [0.15, 0.2) is 60.7 Å². The van der Waals surface area contributed by atoms with Gasteiger partial charge in [0.1, 0.15) is 17.6 Å². The first-order valence-corrected chi connectivity index (χ1v) is 12.3. The van der Waals surface area contributed by atoms with Gasteiger partial charge in [-0.1, -0.05) is 24.3 Å². The highest BCUT2D eigenvalue weighted by Crippen LogP contribution is 2.53. The predicted molar refractivity (Wildman–Crippen MR) is 129 cm³/mol. The molecule has 1 amide bonds. The topological polar surface area (TPSA) is 103 Å². The zero-order valence-corrected chi connectivity index (χ0v) is 20.5. The number of hydrogen-bond acceptors (Lipinski definition) is 6. The number of aromatic carboxylic acids is 1. The maximum absolute atomic E-state index is 13.7. The predicted octanol–water partition coefficient (Wildman–Crippen LogP) is 5.72. The van der Waals surface area contributed by atoms with Crippen molar-refractivity contribution in [3.8, 4) is 23.0 Å². The zero-order valence-electron chi connectivity index (χ0n) is 20.5. The molecule has 0 unspecified atom stereocenters. The van der Waals surface area contributed by atoms with Gasteiger partial charge in [-0.05, 0) is 48.7 Å². The Hall–Kier alpha value is -4.48. The van der Waals surface area contributed by atoms with Gasteiger partial charge < -0.3 is 29.4 Å². The van der Waals surface area contributed by atoms with E-state index in [2.05, 4.69) is 19.5 Å². The molecular weight excluding hydrogens is 538 g/mol. The lowest BCUT2D eigenvalue weighted by atomic mass is 9.89. The lowest BCUT2D eigenvalue weighted by molar-refractivity contribution is -0.286. The maximum Gasteiger partial charge on any atom is 0.586 e. The Bertz CT molecular complexity index is 1510. The van der Waals surface area contributed by atoms with E-state index in [1.165, 1.54) is 42.5 Å². The first-order chi connectivity index (χ1) is 19.0. The van der Waals surface area contributed by atoms with Crippen LogP contribution in [-0.4, -0.2) is 29.9 Å². The maximum atomic E-state index is 13.7. The molecule has 0 radical (unpaired) electrons. The van der Waals surface area contributed by atoms with E-state index >= 15 is 0 Å². The third-order valence-corrected chi connectivity index (χ3v) is 7.29. The largest absolute Gasteiger partial charge is 0.586 e. The molecule has 2 heterocycles. The highest BCUT2D eigenvalue weighted by molar-refractivity contribution is 5.92. The summed E-state index contributed by atoms with van der Waals surface area (Å²) in [4.78, 5) is 25.5. The number of ether oxygens (including phenoxy) is 4. The molecule has 0 saturated heterocycles. The van der Waals surface area contributed by atoms with Crippen molar-refractivity contribution in [2.24, 2.45) is 0 Å². The third kappa shape index (κ3) is 4.63. The van der Waals surface area contributed by atoms with Gasteiger partial charge in [0.05, 0.1) is 17.0 Å². The van der Waals surface area contributed by atoms with Gasteiger partial charge in [0.15, 0.2) is 11.5 Å². The van der Waals surface area contributed by atoms with Crippen molar-refractivity contribution in [3.63, 3.8) is 0 Å². The minimum atomic E-state index is -3.79. The van der Waals surface area contributed by atoms with Gasteiger partial charge in [0, 0.05) is 23.6 Å². The molecule has 2 aliphatic heterocycles. The van der Waals surface area contributed by atoms with Gasteiger partial charge in [-0.3, -0.25) is 4.79 Å². The van der Waals surface area contributed by atoms with Gasteiger partial charge in [-0.25, -0.2) is 4.79 Å². The van der Waals surface area contributed by atoms with Gasteiger partial charge in [0.2, 0.25) is 5.91 Å². The van der Waals surface area contributed by atoms with Crippen LogP contribution in [0.25, 0.3) is 0 Å². The number of carbonyl (C=O) groups excluding carboxylic acids is 1. The Balaban J connectivity index is 1.32. The van der Waals surface area contributed by atoms with Crippen molar-refractivity contribution in [3.05, 3.63) is 82.9 Å². The van der Waals surface area contributed by atoms with Crippen LogP contribution in [-0.2, 0) is 10.2 Å². The standard InChI is InChI=1S/C28H21F4NO7/c29-26(30)37-15-6-7-18-19(13-22(38-21(18)12-15)16-3-1-2-4-17(16)24(34)35)33-25(36)27(9-10-27)14-5-8-20-23(11-14)40-28(31,32)39-20/h1-8,11-12,19,22,26H,9-10,13H2,(H,33,36)(H,34,35)/t19-,22-/m1/s1. The quantitative estimate of drug-likeness (QED) is 0.357. The smallest absolute Gasteiger partial charge is 0.485 e. The second-order valence-electron chi connectivity index (χ2n) is 9.75. The summed E-state index contributed by atoms with van der Waals surface area (Å²) in [5.41, 5.74) is 0.308. The molecule has 3 aromatic carbocycles. The number of fused-ring (bicyclic) bond motifs is 2. The Morgan fingerprint density at radius 1 is 0.950 bits per heavy atom. The third-order valence-electron chi connectivity index (χ3n) is 7.29. The van der Waals surface area contributed by atoms with Crippen LogP contribution in [0.1, 0.15) is 58.5 Å². The number of alkyl halides is 4. The molecule has 40 heavy (non-hydrogen) atoms. The molecule has 3 aromatic rings. The SMILES string of the molecule is O=C(O)c1ccccc1[C@H]1C[C@@H](NC(=O)C2(c3ccc4c(c3)OC(F)(F)O4)CC2)c2ccc(OC(F)F)cc2O1. The minimum Gasteiger partial charge on any atom is -0.485 e. The van der Waals surface area contributed by atoms with E-state index in [1.54, 1.807) is 18.2 Å². The number of benzene rings is 3. The Morgan fingerprint density at radius 2 is 1.70 bits per heavy atom. The molecule has 208 valence electrons. The van der Waals surface area contributed by atoms with E-state index in [9.17, 15) is 32.3 Å². The van der Waals surface area contributed by atoms with Crippen LogP contribution in [0.3, 0.4) is 0 Å². The molecular formula is C28H21F4NO7. The normalized spacial score (nSPS) is 21.2. The first kappa shape index (κ1) is 25.8. The summed E-state index contributed by atoms with van der Waals surface area (Å²) in [6.07, 6.45) is -3.58. The summed E-state index contributed by atoms with van der Waals surface area (Å²) in [5, 5.41) is 12.7. The lowest BCUT2D eigenvalue weighted by Crippen LogP contribution is -2.39. The summed E-state index contributed by atoms with van der Waals surface area (Å²) in [7, 11) is 0. The van der Waals surface area contributed by atoms with Crippen molar-refractivity contribution < 1.29 is 51.2 Å². The number of rotatable bonds is 7. The number of carboxylic acid groups (broad SMARTS) is 1. The van der Waals surface area contributed by atoms with Crippen LogP contribution in [0.4, 0.5) is 17.6 Å². The number of carbonyl (C=O) groups is 2. The molecule has 3 aliphatic rings. The van der Waals surface area contributed by atoms with Crippen molar-refractivity contribution in [2.75, 3.05) is 0 Å². The van der Waals surface area contributed by atoms with E-state index in [0.717, 1.165) is 0 Å². The Kier molecular flexibility index (Phi) is 6.00. The highest BCUT2D eigenvalue weighted by Gasteiger charge is 2.53. The number of nitrogens with one attached hydrogen (secondary N) is 1. The molecule has 0 spiro atoms. The molecule has 0 aromatic heterocycles. The fourth-order valence-corrected chi connectivity index (χ4v) is 5.24. The van der Waals surface area contributed by atoms with Gasteiger partial charge in [-0.2, -0.15) is 8.78 Å². The molecule has 6 rings (SSSR count). The van der Waals surface area contributed by atoms with Crippen molar-refractivity contribution in [1.29, 1.82) is 0 Å². The van der Waals surface area contributed by atoms with Crippen LogP contribution >= 0.6 is 0 Å². The zero-order chi connectivity index (χ0) is 28.2. The number of hydrogen-bond donors (Lipinski definition) is 2. The monoisotopic (exact) mass is 559 g/mol. The van der Waals surface area contributed by atoms with Gasteiger partial charge >= 0.3 is 18.9 Å². The molecule has 1 saturated carbocycles. The van der Waals surface area contributed by atoms with Gasteiger partial charge in [-0.15, -0.1) is 8.78 Å². The molecule has 8 nitrogen and oxygen atoms in total. The van der Waals surface area contributed by atoms with Crippen molar-refractivity contribution >= 4 is 11.9 Å². The first-order valence-electron chi connectivity index (χ1n) is 12.3. The Morgan fingerprint density at radius 3 is 2.42 bits per heavy atom. The summed E-state index contributed by atoms with van der Waals surface area (Å²) >= 11 is 0.